The third kappa shape index (κ3) is 2.55. The summed E-state index contributed by atoms with van der Waals surface area (Å²) in [6.45, 7) is 0. The minimum Gasteiger partial charge on any atom is -0.347 e. The maximum absolute atomic E-state index is 6.06. The van der Waals surface area contributed by atoms with Crippen LogP contribution in [0.2, 0.25) is 10.0 Å². The Hall–Kier alpha value is -1.03. The molecule has 0 bridgehead atoms. The maximum Gasteiger partial charge on any atom is 0.123 e. The van der Waals surface area contributed by atoms with Crippen LogP contribution in [-0.2, 0) is 6.42 Å². The second-order valence-electron chi connectivity index (χ2n) is 3.52. The molecule has 0 saturated carbocycles. The molecule has 3 nitrogen and oxygen atoms in total. The largest absolute Gasteiger partial charge is 0.347 e. The number of benzene rings is 1. The fraction of sp³-hybridized carbons (Fsp3) is 0.182. The average Bonchev–Trinajstić information content (AvgIpc) is 2.76. The highest BCUT2D eigenvalue weighted by molar-refractivity contribution is 6.33. The lowest BCUT2D eigenvalue weighted by atomic mass is 10.1. The lowest BCUT2D eigenvalue weighted by Gasteiger charge is -2.10. The zero-order chi connectivity index (χ0) is 11.5. The second kappa shape index (κ2) is 4.87. The van der Waals surface area contributed by atoms with Gasteiger partial charge >= 0.3 is 0 Å². The van der Waals surface area contributed by atoms with Gasteiger partial charge in [0.25, 0.3) is 0 Å². The van der Waals surface area contributed by atoms with Crippen LogP contribution in [0.5, 0.6) is 0 Å². The number of nitrogens with one attached hydrogen (secondary N) is 1. The molecule has 0 aliphatic carbocycles. The van der Waals surface area contributed by atoms with E-state index in [4.69, 9.17) is 28.9 Å². The average molecular weight is 256 g/mol. The van der Waals surface area contributed by atoms with Crippen LogP contribution in [-0.4, -0.2) is 9.97 Å². The minimum absolute atomic E-state index is 0.203. The third-order valence-corrected chi connectivity index (χ3v) is 2.92. The molecule has 3 N–H and O–H groups in total. The van der Waals surface area contributed by atoms with Gasteiger partial charge in [-0.3, -0.25) is 0 Å². The first kappa shape index (κ1) is 11.5. The van der Waals surface area contributed by atoms with Crippen molar-refractivity contribution in [2.24, 2.45) is 5.73 Å². The molecule has 0 saturated heterocycles. The van der Waals surface area contributed by atoms with Gasteiger partial charge in [-0.05, 0) is 30.2 Å². The number of halogens is 2. The Morgan fingerprint density at radius 2 is 2.19 bits per heavy atom. The minimum atomic E-state index is -0.203. The Kier molecular flexibility index (Phi) is 3.49. The Morgan fingerprint density at radius 1 is 1.38 bits per heavy atom. The van der Waals surface area contributed by atoms with Gasteiger partial charge in [0.15, 0.2) is 0 Å². The van der Waals surface area contributed by atoms with Crippen LogP contribution < -0.4 is 5.73 Å². The number of hydrogen-bond donors (Lipinski definition) is 2. The van der Waals surface area contributed by atoms with Crippen molar-refractivity contribution >= 4 is 23.2 Å². The fourth-order valence-corrected chi connectivity index (χ4v) is 1.90. The van der Waals surface area contributed by atoms with Crippen molar-refractivity contribution < 1.29 is 0 Å². The van der Waals surface area contributed by atoms with Gasteiger partial charge in [0, 0.05) is 22.4 Å². The molecular weight excluding hydrogens is 245 g/mol. The van der Waals surface area contributed by atoms with Crippen molar-refractivity contribution in [1.82, 2.24) is 9.97 Å². The third-order valence-electron chi connectivity index (χ3n) is 2.32. The second-order valence-corrected chi connectivity index (χ2v) is 4.36. The van der Waals surface area contributed by atoms with E-state index in [9.17, 15) is 0 Å². The summed E-state index contributed by atoms with van der Waals surface area (Å²) in [6.07, 6.45) is 4.02. The van der Waals surface area contributed by atoms with Crippen LogP contribution in [0.3, 0.4) is 0 Å². The predicted molar refractivity (Wildman–Crippen MR) is 65.7 cm³/mol. The van der Waals surface area contributed by atoms with Crippen LogP contribution in [0.15, 0.2) is 30.6 Å². The molecule has 0 fully saturated rings. The first-order valence-electron chi connectivity index (χ1n) is 4.85. The van der Waals surface area contributed by atoms with Crippen LogP contribution >= 0.6 is 23.2 Å². The number of aromatic amines is 1. The van der Waals surface area contributed by atoms with Crippen LogP contribution in [0.25, 0.3) is 0 Å². The molecule has 1 atom stereocenters. The number of hydrogen-bond acceptors (Lipinski definition) is 2. The summed E-state index contributed by atoms with van der Waals surface area (Å²) in [6, 6.07) is 5.15. The van der Waals surface area contributed by atoms with Crippen LogP contribution in [0.1, 0.15) is 17.4 Å². The van der Waals surface area contributed by atoms with E-state index in [1.54, 1.807) is 24.5 Å². The van der Waals surface area contributed by atoms with Crippen LogP contribution in [0, 0.1) is 0 Å². The number of H-pyrrole nitrogens is 1. The Bertz CT molecular complexity index is 468. The lowest BCUT2D eigenvalue weighted by molar-refractivity contribution is 0.678. The van der Waals surface area contributed by atoms with Gasteiger partial charge in [-0.15, -0.1) is 0 Å². The Balaban J connectivity index is 2.17. The summed E-state index contributed by atoms with van der Waals surface area (Å²) in [5, 5.41) is 1.33. The van der Waals surface area contributed by atoms with Crippen molar-refractivity contribution in [3.8, 4) is 0 Å². The molecule has 2 aromatic rings. The zero-order valence-corrected chi connectivity index (χ0v) is 9.96. The SMILES string of the molecule is NC(Cc1cc(Cl)ccc1Cl)c1ncc[nH]1. The fourth-order valence-electron chi connectivity index (χ4n) is 1.51. The lowest BCUT2D eigenvalue weighted by Crippen LogP contribution is -2.15. The van der Waals surface area contributed by atoms with E-state index < -0.39 is 0 Å². The molecule has 2 rings (SSSR count). The van der Waals surface area contributed by atoms with Gasteiger partial charge in [-0.2, -0.15) is 0 Å². The molecule has 1 unspecified atom stereocenters. The van der Waals surface area contributed by atoms with E-state index in [1.165, 1.54) is 0 Å². The molecule has 1 aromatic heterocycles. The molecule has 5 heteroatoms. The molecule has 0 aliphatic heterocycles. The van der Waals surface area contributed by atoms with Gasteiger partial charge in [0.1, 0.15) is 5.82 Å². The van der Waals surface area contributed by atoms with Crippen LogP contribution in [0.4, 0.5) is 0 Å². The molecule has 1 aromatic carbocycles. The predicted octanol–water partition coefficient (Wildman–Crippen LogP) is 2.96. The summed E-state index contributed by atoms with van der Waals surface area (Å²) < 4.78 is 0. The van der Waals surface area contributed by atoms with E-state index in [0.717, 1.165) is 11.4 Å². The number of rotatable bonds is 3. The van der Waals surface area contributed by atoms with Crippen molar-refractivity contribution in [2.75, 3.05) is 0 Å². The number of aromatic nitrogens is 2. The normalized spacial score (nSPS) is 12.7. The monoisotopic (exact) mass is 255 g/mol. The highest BCUT2D eigenvalue weighted by atomic mass is 35.5. The van der Waals surface area contributed by atoms with E-state index >= 15 is 0 Å². The standard InChI is InChI=1S/C11H11Cl2N3/c12-8-1-2-9(13)7(5-8)6-10(14)11-15-3-4-16-11/h1-5,10H,6,14H2,(H,15,16). The van der Waals surface area contributed by atoms with Crippen molar-refractivity contribution in [2.45, 2.75) is 12.5 Å². The van der Waals surface area contributed by atoms with Crippen molar-refractivity contribution in [3.05, 3.63) is 52.0 Å². The van der Waals surface area contributed by atoms with E-state index in [-0.39, 0.29) is 6.04 Å². The Labute approximate surface area is 104 Å². The molecule has 84 valence electrons. The number of nitrogens with two attached hydrogens (primary N) is 1. The van der Waals surface area contributed by atoms with Crippen molar-refractivity contribution in [1.29, 1.82) is 0 Å². The molecule has 0 spiro atoms. The van der Waals surface area contributed by atoms with Gasteiger partial charge in [0.2, 0.25) is 0 Å². The summed E-state index contributed by atoms with van der Waals surface area (Å²) in [5.41, 5.74) is 6.92. The van der Waals surface area contributed by atoms with E-state index in [2.05, 4.69) is 9.97 Å². The number of nitrogens with zero attached hydrogens (tertiary/aromatic N) is 1. The quantitative estimate of drug-likeness (QED) is 0.886. The highest BCUT2D eigenvalue weighted by Crippen LogP contribution is 2.24. The first-order chi connectivity index (χ1) is 7.66. The highest BCUT2D eigenvalue weighted by Gasteiger charge is 2.11. The van der Waals surface area contributed by atoms with Gasteiger partial charge in [0.05, 0.1) is 6.04 Å². The molecular formula is C11H11Cl2N3. The molecule has 0 aliphatic rings. The van der Waals surface area contributed by atoms with Gasteiger partial charge in [-0.1, -0.05) is 23.2 Å². The van der Waals surface area contributed by atoms with E-state index in [0.29, 0.717) is 16.5 Å². The summed E-state index contributed by atoms with van der Waals surface area (Å²) in [5.74, 6) is 0.746. The number of imidazole rings is 1. The first-order valence-corrected chi connectivity index (χ1v) is 5.61. The smallest absolute Gasteiger partial charge is 0.123 e. The van der Waals surface area contributed by atoms with Gasteiger partial charge in [-0.25, -0.2) is 4.98 Å². The summed E-state index contributed by atoms with van der Waals surface area (Å²) in [7, 11) is 0. The van der Waals surface area contributed by atoms with Crippen molar-refractivity contribution in [3.63, 3.8) is 0 Å². The van der Waals surface area contributed by atoms with Gasteiger partial charge < -0.3 is 10.7 Å². The summed E-state index contributed by atoms with van der Waals surface area (Å²) in [4.78, 5) is 7.09. The molecule has 16 heavy (non-hydrogen) atoms. The molecule has 1 heterocycles. The zero-order valence-electron chi connectivity index (χ0n) is 8.45. The van der Waals surface area contributed by atoms with E-state index in [1.807, 2.05) is 6.07 Å². The Morgan fingerprint density at radius 3 is 2.88 bits per heavy atom. The topological polar surface area (TPSA) is 54.7 Å². The summed E-state index contributed by atoms with van der Waals surface area (Å²) >= 11 is 12.0. The molecule has 0 radical (unpaired) electrons. The molecule has 0 amide bonds. The maximum atomic E-state index is 6.06.